The summed E-state index contributed by atoms with van der Waals surface area (Å²) < 4.78 is 0. The fraction of sp³-hybridized carbons (Fsp3) is 0.500. The van der Waals surface area contributed by atoms with E-state index in [9.17, 15) is 9.59 Å². The Morgan fingerprint density at radius 1 is 1.00 bits per heavy atom. The monoisotopic (exact) mass is 381 g/mol. The van der Waals surface area contributed by atoms with Crippen LogP contribution in [0.5, 0.6) is 0 Å². The Morgan fingerprint density at radius 2 is 1.08 bits per heavy atom. The van der Waals surface area contributed by atoms with E-state index in [1.54, 1.807) is 0 Å². The molecule has 0 aliphatic carbocycles. The molecule has 0 aromatic heterocycles. The summed E-state index contributed by atoms with van der Waals surface area (Å²) >= 11 is 0. The van der Waals surface area contributed by atoms with E-state index >= 15 is 0 Å². The first-order valence-electron chi connectivity index (χ1n) is 2.38. The topological polar surface area (TPSA) is 127 Å². The van der Waals surface area contributed by atoms with Crippen LogP contribution < -0.4 is 11.5 Å². The van der Waals surface area contributed by atoms with Gasteiger partial charge in [-0.3, -0.25) is 9.59 Å². The first-order valence-corrected chi connectivity index (χ1v) is 2.38. The van der Waals surface area contributed by atoms with Crippen molar-refractivity contribution >= 4 is 24.3 Å². The van der Waals surface area contributed by atoms with E-state index in [-0.39, 0.29) is 46.6 Å². The maximum absolute atomic E-state index is 9.24. The van der Waals surface area contributed by atoms with Crippen LogP contribution in [-0.2, 0) is 30.7 Å². The zero-order valence-electron chi connectivity index (χ0n) is 6.00. The molecule has 0 fully saturated rings. The van der Waals surface area contributed by atoms with Gasteiger partial charge in [-0.15, -0.1) is 12.4 Å². The normalized spacial score (nSPS) is 6.17. The molecule has 0 saturated heterocycles. The first-order chi connectivity index (χ1) is 4.54. The van der Waals surface area contributed by atoms with Gasteiger partial charge in [0.15, 0.2) is 0 Å². The number of rotatable bonds is 2. The van der Waals surface area contributed by atoms with Crippen molar-refractivity contribution in [2.24, 2.45) is 11.5 Å². The summed E-state index contributed by atoms with van der Waals surface area (Å²) in [7, 11) is 0. The van der Waals surface area contributed by atoms with Crippen LogP contribution in [0.15, 0.2) is 0 Å². The Bertz CT molecular complexity index is 110. The second-order valence-corrected chi connectivity index (χ2v) is 1.20. The third kappa shape index (κ3) is 52.2. The SMILES string of the molecule is Cl.NCC(=O)O.NCC(=O)O.[Pt]. The largest absolute Gasteiger partial charge is 0.480 e. The average Bonchev–Trinajstić information content (AvgIpc) is 1.89. The minimum absolute atomic E-state index is 0. The molecule has 6 N–H and O–H groups in total. The molecule has 0 aromatic rings. The van der Waals surface area contributed by atoms with Gasteiger partial charge in [-0.25, -0.2) is 0 Å². The Morgan fingerprint density at radius 3 is 1.08 bits per heavy atom. The van der Waals surface area contributed by atoms with Gasteiger partial charge in [-0.2, -0.15) is 0 Å². The van der Waals surface area contributed by atoms with Crippen molar-refractivity contribution in [2.45, 2.75) is 0 Å². The summed E-state index contributed by atoms with van der Waals surface area (Å²) in [6.07, 6.45) is 0. The van der Waals surface area contributed by atoms with Crippen molar-refractivity contribution in [1.29, 1.82) is 0 Å². The standard InChI is InChI=1S/2C2H5NO2.ClH.Pt/c2*3-1-2(4)5;;/h2*1,3H2,(H,4,5);1H;. The van der Waals surface area contributed by atoms with Crippen LogP contribution in [0.4, 0.5) is 0 Å². The molecule has 0 rings (SSSR count). The van der Waals surface area contributed by atoms with Crippen molar-refractivity contribution in [3.63, 3.8) is 0 Å². The molecule has 0 aromatic carbocycles. The molecule has 0 bridgehead atoms. The molecular weight excluding hydrogens is 371 g/mol. The fourth-order valence-corrected chi connectivity index (χ4v) is 0. The fourth-order valence-electron chi connectivity index (χ4n) is 0. The van der Waals surface area contributed by atoms with Crippen LogP contribution in [0.25, 0.3) is 0 Å². The van der Waals surface area contributed by atoms with Crippen LogP contribution in [0.3, 0.4) is 0 Å². The number of hydrogen-bond donors (Lipinski definition) is 4. The summed E-state index contributed by atoms with van der Waals surface area (Å²) in [4.78, 5) is 18.5. The van der Waals surface area contributed by atoms with Gasteiger partial charge in [-0.1, -0.05) is 0 Å². The summed E-state index contributed by atoms with van der Waals surface area (Å²) in [5.74, 6) is -1.94. The zero-order valence-corrected chi connectivity index (χ0v) is 9.09. The molecular formula is C4H11ClN2O4Pt. The third-order valence-electron chi connectivity index (χ3n) is 0.349. The molecule has 0 amide bonds. The molecule has 0 atom stereocenters. The molecule has 78 valence electrons. The van der Waals surface area contributed by atoms with Gasteiger partial charge >= 0.3 is 11.9 Å². The van der Waals surface area contributed by atoms with Gasteiger partial charge in [0.1, 0.15) is 0 Å². The number of halogens is 1. The van der Waals surface area contributed by atoms with Gasteiger partial charge in [0.05, 0.1) is 13.1 Å². The second-order valence-electron chi connectivity index (χ2n) is 1.20. The van der Waals surface area contributed by atoms with Crippen LogP contribution in [-0.4, -0.2) is 35.2 Å². The predicted octanol–water partition coefficient (Wildman–Crippen LogP) is -1.52. The minimum atomic E-state index is -0.968. The van der Waals surface area contributed by atoms with Crippen molar-refractivity contribution in [2.75, 3.05) is 13.1 Å². The number of hydrogen-bond acceptors (Lipinski definition) is 4. The molecule has 0 saturated carbocycles. The number of carbonyl (C=O) groups is 2. The molecule has 6 nitrogen and oxygen atoms in total. The molecule has 0 unspecified atom stereocenters. The summed E-state index contributed by atoms with van der Waals surface area (Å²) in [5, 5.41) is 15.2. The predicted molar refractivity (Wildman–Crippen MR) is 40.6 cm³/mol. The Kier molecular flexibility index (Phi) is 32.2. The van der Waals surface area contributed by atoms with Crippen LogP contribution in [0.1, 0.15) is 0 Å². The molecule has 0 aliphatic rings. The van der Waals surface area contributed by atoms with Crippen molar-refractivity contribution in [3.05, 3.63) is 0 Å². The van der Waals surface area contributed by atoms with E-state index in [2.05, 4.69) is 11.5 Å². The Hall–Kier alpha value is -0.162. The number of nitrogens with two attached hydrogens (primary N) is 2. The van der Waals surface area contributed by atoms with Gasteiger partial charge < -0.3 is 21.7 Å². The summed E-state index contributed by atoms with van der Waals surface area (Å²) in [6.45, 7) is -0.556. The quantitative estimate of drug-likeness (QED) is 0.460. The van der Waals surface area contributed by atoms with Gasteiger partial charge in [0, 0.05) is 21.1 Å². The zero-order chi connectivity index (χ0) is 8.57. The Labute approximate surface area is 90.0 Å². The first kappa shape index (κ1) is 22.6. The van der Waals surface area contributed by atoms with Gasteiger partial charge in [-0.05, 0) is 0 Å². The van der Waals surface area contributed by atoms with Gasteiger partial charge in [0.2, 0.25) is 0 Å². The number of carboxylic acids is 2. The van der Waals surface area contributed by atoms with E-state index in [1.165, 1.54) is 0 Å². The van der Waals surface area contributed by atoms with Crippen LogP contribution in [0, 0.1) is 0 Å². The van der Waals surface area contributed by atoms with E-state index in [4.69, 9.17) is 10.2 Å². The minimum Gasteiger partial charge on any atom is -0.480 e. The van der Waals surface area contributed by atoms with E-state index < -0.39 is 11.9 Å². The summed E-state index contributed by atoms with van der Waals surface area (Å²) in [6, 6.07) is 0. The van der Waals surface area contributed by atoms with E-state index in [0.29, 0.717) is 0 Å². The summed E-state index contributed by atoms with van der Waals surface area (Å²) in [5.41, 5.74) is 9.14. The van der Waals surface area contributed by atoms with Crippen LogP contribution in [0.2, 0.25) is 0 Å². The smallest absolute Gasteiger partial charge is 0.317 e. The third-order valence-corrected chi connectivity index (χ3v) is 0.349. The molecule has 12 heavy (non-hydrogen) atoms. The average molecular weight is 382 g/mol. The molecule has 8 heteroatoms. The molecule has 0 aliphatic heterocycles. The maximum atomic E-state index is 9.24. The van der Waals surface area contributed by atoms with E-state index in [1.807, 2.05) is 0 Å². The van der Waals surface area contributed by atoms with Crippen molar-refractivity contribution < 1.29 is 40.9 Å². The number of aliphatic carboxylic acids is 2. The van der Waals surface area contributed by atoms with Crippen molar-refractivity contribution in [1.82, 2.24) is 0 Å². The number of carboxylic acid groups (broad SMARTS) is 2. The molecule has 0 spiro atoms. The molecule has 0 radical (unpaired) electrons. The molecule has 0 heterocycles. The van der Waals surface area contributed by atoms with Gasteiger partial charge in [0.25, 0.3) is 0 Å². The Balaban J connectivity index is -0.0000000457. The second kappa shape index (κ2) is 17.1. The van der Waals surface area contributed by atoms with Crippen LogP contribution >= 0.6 is 12.4 Å². The van der Waals surface area contributed by atoms with Crippen molar-refractivity contribution in [3.8, 4) is 0 Å². The maximum Gasteiger partial charge on any atom is 0.317 e. The van der Waals surface area contributed by atoms with E-state index in [0.717, 1.165) is 0 Å².